The van der Waals surface area contributed by atoms with E-state index in [9.17, 15) is 0 Å². The van der Waals surface area contributed by atoms with Crippen LogP contribution in [-0.2, 0) is 18.0 Å². The molecule has 0 bridgehead atoms. The molecule has 0 spiro atoms. The summed E-state index contributed by atoms with van der Waals surface area (Å²) < 4.78 is 8.48. The maximum absolute atomic E-state index is 6.75. The molecule has 0 amide bonds. The third-order valence-electron chi connectivity index (χ3n) is 6.76. The zero-order chi connectivity index (χ0) is 23.4. The topological polar surface area (TPSA) is 82.1 Å². The second-order valence-electron chi connectivity index (χ2n) is 10.0. The van der Waals surface area contributed by atoms with E-state index in [1.165, 1.54) is 0 Å². The summed E-state index contributed by atoms with van der Waals surface area (Å²) in [7, 11) is 0.0393. The molecule has 3 aromatic rings. The summed E-state index contributed by atoms with van der Waals surface area (Å²) in [5, 5.41) is 2.15. The van der Waals surface area contributed by atoms with Crippen LogP contribution in [0, 0.1) is 0 Å². The smallest absolute Gasteiger partial charge is 0.223 e. The van der Waals surface area contributed by atoms with Gasteiger partial charge in [-0.15, -0.1) is 0 Å². The summed E-state index contributed by atoms with van der Waals surface area (Å²) in [6, 6.07) is 1.99. The molecule has 1 aliphatic rings. The van der Waals surface area contributed by atoms with Crippen molar-refractivity contribution in [3.05, 3.63) is 39.8 Å². The Hall–Kier alpha value is -1.87. The molecule has 0 saturated heterocycles. The lowest BCUT2D eigenvalue weighted by Crippen LogP contribution is -2.42. The predicted molar refractivity (Wildman–Crippen MR) is 134 cm³/mol. The van der Waals surface area contributed by atoms with Crippen LogP contribution >= 0.6 is 23.2 Å². The highest BCUT2D eigenvalue weighted by atomic mass is 35.5. The molecule has 2 N–H and O–H groups in total. The molecule has 0 aliphatic carbocycles. The van der Waals surface area contributed by atoms with Crippen LogP contribution < -0.4 is 10.6 Å². The highest BCUT2D eigenvalue weighted by molar-refractivity contribution is 6.74. The van der Waals surface area contributed by atoms with E-state index in [4.69, 9.17) is 33.4 Å². The quantitative estimate of drug-likeness (QED) is 0.380. The van der Waals surface area contributed by atoms with Gasteiger partial charge in [0.05, 0.1) is 5.02 Å². The Bertz CT molecular complexity index is 1170. The van der Waals surface area contributed by atoms with Crippen LogP contribution in [0.25, 0.3) is 11.0 Å². The molecule has 0 aromatic carbocycles. The Morgan fingerprint density at radius 3 is 2.66 bits per heavy atom. The Labute approximate surface area is 200 Å². The highest BCUT2D eigenvalue weighted by Gasteiger charge is 2.40. The first-order chi connectivity index (χ1) is 14.9. The van der Waals surface area contributed by atoms with Gasteiger partial charge in [-0.1, -0.05) is 44.0 Å². The summed E-state index contributed by atoms with van der Waals surface area (Å²) in [6.07, 6.45) is 3.79. The lowest BCUT2D eigenvalue weighted by molar-refractivity contribution is 0.267. The van der Waals surface area contributed by atoms with Gasteiger partial charge in [-0.3, -0.25) is 0 Å². The fourth-order valence-electron chi connectivity index (χ4n) is 3.82. The minimum Gasteiger partial charge on any atom is -0.416 e. The van der Waals surface area contributed by atoms with Crippen LogP contribution in [0.2, 0.25) is 28.3 Å². The molecule has 0 radical (unpaired) electrons. The van der Waals surface area contributed by atoms with Crippen molar-refractivity contribution in [3.63, 3.8) is 0 Å². The number of nitrogens with zero attached hydrogens (tertiary/aromatic N) is 5. The van der Waals surface area contributed by atoms with E-state index in [2.05, 4.69) is 53.7 Å². The average Bonchev–Trinajstić information content (AvgIpc) is 3.23. The third kappa shape index (κ3) is 4.09. The van der Waals surface area contributed by atoms with Crippen LogP contribution in [0.3, 0.4) is 0 Å². The molecule has 0 fully saturated rings. The molecule has 10 heteroatoms. The molecule has 32 heavy (non-hydrogen) atoms. The molecular weight excluding hydrogens is 463 g/mol. The summed E-state index contributed by atoms with van der Waals surface area (Å²) in [5.41, 5.74) is 8.62. The number of nitrogens with two attached hydrogens (primary N) is 1. The molecule has 4 rings (SSSR count). The van der Waals surface area contributed by atoms with Crippen LogP contribution in [0.5, 0.6) is 0 Å². The molecule has 4 heterocycles. The van der Waals surface area contributed by atoms with Crippen LogP contribution in [-0.4, -0.2) is 41.0 Å². The van der Waals surface area contributed by atoms with Crippen molar-refractivity contribution in [1.82, 2.24) is 19.5 Å². The van der Waals surface area contributed by atoms with E-state index in [0.717, 1.165) is 28.0 Å². The number of pyridine rings is 1. The van der Waals surface area contributed by atoms with Crippen LogP contribution in [0.1, 0.15) is 37.8 Å². The largest absolute Gasteiger partial charge is 0.416 e. The molecule has 7 nitrogen and oxygen atoms in total. The normalized spacial score (nSPS) is 16.8. The van der Waals surface area contributed by atoms with Gasteiger partial charge in [-0.2, -0.15) is 4.98 Å². The van der Waals surface area contributed by atoms with Crippen molar-refractivity contribution < 1.29 is 4.43 Å². The molecule has 1 unspecified atom stereocenters. The van der Waals surface area contributed by atoms with Crippen LogP contribution in [0.4, 0.5) is 11.8 Å². The minimum absolute atomic E-state index is 0.0550. The van der Waals surface area contributed by atoms with Gasteiger partial charge in [0.25, 0.3) is 0 Å². The minimum atomic E-state index is -1.92. The third-order valence-corrected chi connectivity index (χ3v) is 12.0. The number of anilines is 2. The summed E-state index contributed by atoms with van der Waals surface area (Å²) in [4.78, 5) is 15.5. The Kier molecular flexibility index (Phi) is 5.94. The van der Waals surface area contributed by atoms with Gasteiger partial charge in [-0.05, 0) is 24.2 Å². The lowest BCUT2D eigenvalue weighted by atomic mass is 10.1. The molecule has 1 aliphatic heterocycles. The number of hydrogen-bond acceptors (Lipinski definition) is 6. The zero-order valence-corrected chi connectivity index (χ0v) is 21.9. The number of aryl methyl sites for hydroxylation is 1. The number of nitrogen functional groups attached to an aromatic ring is 1. The van der Waals surface area contributed by atoms with E-state index in [-0.39, 0.29) is 16.9 Å². The standard InChI is InChI=1S/C22H30Cl2N6OSi/c1-22(2,3)32(5,6)31-12-14-11-30(20-16(14)18(24)27-21(25)28-20)10-13-9-26-19-15(17(13)23)7-8-29(19)4/h7-9,14H,10-12H2,1-6H3,(H2,25,27,28). The first-order valence-electron chi connectivity index (χ1n) is 10.7. The van der Waals surface area contributed by atoms with E-state index >= 15 is 0 Å². The second kappa shape index (κ2) is 8.16. The molecule has 0 saturated carbocycles. The van der Waals surface area contributed by atoms with Gasteiger partial charge < -0.3 is 19.6 Å². The summed E-state index contributed by atoms with van der Waals surface area (Å²) in [6.45, 7) is 13.0. The maximum Gasteiger partial charge on any atom is 0.223 e. The zero-order valence-electron chi connectivity index (χ0n) is 19.4. The van der Waals surface area contributed by atoms with Gasteiger partial charge >= 0.3 is 0 Å². The van der Waals surface area contributed by atoms with E-state index < -0.39 is 8.32 Å². The number of fused-ring (bicyclic) bond motifs is 2. The monoisotopic (exact) mass is 492 g/mol. The van der Waals surface area contributed by atoms with Gasteiger partial charge in [-0.25, -0.2) is 9.97 Å². The van der Waals surface area contributed by atoms with Gasteiger partial charge in [0.1, 0.15) is 16.6 Å². The fraction of sp³-hybridized carbons (Fsp3) is 0.500. The number of aromatic nitrogens is 4. The van der Waals surface area contributed by atoms with E-state index in [1.54, 1.807) is 0 Å². The first kappa shape index (κ1) is 23.3. The van der Waals surface area contributed by atoms with E-state index in [1.807, 2.05) is 30.1 Å². The van der Waals surface area contributed by atoms with Crippen molar-refractivity contribution in [2.24, 2.45) is 7.05 Å². The molecule has 172 valence electrons. The summed E-state index contributed by atoms with van der Waals surface area (Å²) in [5.74, 6) is 0.961. The van der Waals surface area contributed by atoms with Crippen molar-refractivity contribution >= 4 is 54.3 Å². The Morgan fingerprint density at radius 2 is 1.97 bits per heavy atom. The maximum atomic E-state index is 6.75. The Morgan fingerprint density at radius 1 is 1.25 bits per heavy atom. The van der Waals surface area contributed by atoms with Crippen LogP contribution in [0.15, 0.2) is 18.5 Å². The van der Waals surface area contributed by atoms with Gasteiger partial charge in [0.2, 0.25) is 5.95 Å². The molecule has 3 aromatic heterocycles. The fourth-order valence-corrected chi connectivity index (χ4v) is 5.45. The van der Waals surface area contributed by atoms with Gasteiger partial charge in [0, 0.05) is 61.6 Å². The second-order valence-corrected chi connectivity index (χ2v) is 15.6. The summed E-state index contributed by atoms with van der Waals surface area (Å²) >= 11 is 13.3. The Balaban J connectivity index is 1.64. The number of halogens is 2. The SMILES string of the molecule is Cn1ccc2c(Cl)c(CN3CC(CO[Si](C)(C)C(C)(C)C)c4c(Cl)nc(N)nc43)cnc21. The van der Waals surface area contributed by atoms with Gasteiger partial charge in [0.15, 0.2) is 8.32 Å². The van der Waals surface area contributed by atoms with E-state index in [0.29, 0.717) is 29.9 Å². The van der Waals surface area contributed by atoms with Crippen molar-refractivity contribution in [1.29, 1.82) is 0 Å². The molecule has 1 atom stereocenters. The number of rotatable bonds is 5. The molecular formula is C22H30Cl2N6OSi. The van der Waals surface area contributed by atoms with Crippen molar-refractivity contribution in [3.8, 4) is 0 Å². The predicted octanol–water partition coefficient (Wildman–Crippen LogP) is 5.38. The van der Waals surface area contributed by atoms with Crippen molar-refractivity contribution in [2.45, 2.75) is 51.4 Å². The number of hydrogen-bond donors (Lipinski definition) is 1. The first-order valence-corrected chi connectivity index (χ1v) is 14.4. The highest BCUT2D eigenvalue weighted by Crippen LogP contribution is 2.43. The van der Waals surface area contributed by atoms with Crippen molar-refractivity contribution in [2.75, 3.05) is 23.8 Å². The lowest BCUT2D eigenvalue weighted by Gasteiger charge is -2.37. The average molecular weight is 494 g/mol.